The second-order valence-electron chi connectivity index (χ2n) is 25.1. The van der Waals surface area contributed by atoms with Crippen molar-refractivity contribution in [3.05, 3.63) is 226 Å². The fourth-order valence-corrected chi connectivity index (χ4v) is 19.4. The molecule has 0 bridgehead atoms. The van der Waals surface area contributed by atoms with Gasteiger partial charge in [-0.2, -0.15) is 0 Å². The first-order chi connectivity index (χ1) is 69.2. The number of carbonyl (C=O) groups is 8. The van der Waals surface area contributed by atoms with Crippen LogP contribution in [0.15, 0.2) is 132 Å². The highest BCUT2D eigenvalue weighted by Gasteiger charge is 2.33. The van der Waals surface area contributed by atoms with Gasteiger partial charge in [-0.1, -0.05) is 44.8 Å². The Kier molecular flexibility index (Phi) is 17.5. The fourth-order valence-electron chi connectivity index (χ4n) is 10.2. The molecule has 8 heterocycles. The third-order valence-electron chi connectivity index (χ3n) is 16.3. The number of carbonyl (C=O) groups excluding carboxylic acids is 8. The van der Waals surface area contributed by atoms with E-state index in [-0.39, 0.29) is 71.5 Å². The number of anilines is 8. The Labute approximate surface area is 753 Å². The minimum absolute atomic E-state index is 0.00289. The van der Waals surface area contributed by atoms with Crippen LogP contribution in [0.1, 0.15) is 236 Å². The van der Waals surface area contributed by atoms with Crippen LogP contribution in [-0.4, -0.2) is 101 Å². The lowest BCUT2D eigenvalue weighted by Crippen LogP contribution is -2.20. The van der Waals surface area contributed by atoms with Crippen molar-refractivity contribution in [1.29, 1.82) is 0 Å². The number of thiophene rings is 4. The number of rotatable bonds is 24. The average Bonchev–Trinajstić information content (AvgIpc) is 0.989. The molecule has 4 aromatic carbocycles. The van der Waals surface area contributed by atoms with Crippen LogP contribution in [0.25, 0.3) is 0 Å². The summed E-state index contributed by atoms with van der Waals surface area (Å²) in [5.74, 6) is -11.5. The van der Waals surface area contributed by atoms with Crippen LogP contribution in [0, 0.1) is 110 Å². The van der Waals surface area contributed by atoms with Gasteiger partial charge >= 0.3 is 0 Å². The molecule has 120 heavy (non-hydrogen) atoms. The quantitative estimate of drug-likeness (QED) is 0.0260. The summed E-state index contributed by atoms with van der Waals surface area (Å²) in [5, 5.41) is 24.0. The molecule has 0 radical (unpaired) electrons. The lowest BCUT2D eigenvalue weighted by atomic mass is 10.0. The Morgan fingerprint density at radius 3 is 0.992 bits per heavy atom. The van der Waals surface area contributed by atoms with Gasteiger partial charge in [0.05, 0.1) is 51.0 Å². The van der Waals surface area contributed by atoms with Gasteiger partial charge in [0.1, 0.15) is 39.1 Å². The molecule has 40 heteroatoms. The summed E-state index contributed by atoms with van der Waals surface area (Å²) >= 11 is 2.58. The zero-order valence-corrected chi connectivity index (χ0v) is 70.5. The normalized spacial score (nSPS) is 16.1. The molecule has 0 saturated heterocycles. The van der Waals surface area contributed by atoms with Gasteiger partial charge in [0.15, 0.2) is 28.8 Å². The molecule has 0 aliphatic carbocycles. The number of ketones is 4. The van der Waals surface area contributed by atoms with Crippen LogP contribution in [0.5, 0.6) is 0 Å². The maximum Gasteiger partial charge on any atom is 0.267 e. The lowest BCUT2D eigenvalue weighted by Gasteiger charge is -2.14. The lowest BCUT2D eigenvalue weighted by molar-refractivity contribution is 0.100. The number of Topliss-reactive ketones (excluding diaryl/α,β-unsaturated/α-hetero) is 4. The molecule has 0 saturated carbocycles. The van der Waals surface area contributed by atoms with E-state index < -0.39 is 256 Å². The molecule has 0 unspecified atom stereocenters. The van der Waals surface area contributed by atoms with Crippen molar-refractivity contribution in [1.82, 2.24) is 20.6 Å². The number of nitrogens with zero attached hydrogens (tertiary/aromatic N) is 4. The van der Waals surface area contributed by atoms with Crippen LogP contribution in [0.4, 0.5) is 46.3 Å². The molecule has 8 N–H and O–H groups in total. The molecule has 12 aromatic rings. The number of hydrogen-bond donors (Lipinski definition) is 8. The smallest absolute Gasteiger partial charge is 0.267 e. The highest BCUT2D eigenvalue weighted by molar-refractivity contribution is 7.94. The molecule has 4 amide bonds. The van der Waals surface area contributed by atoms with E-state index >= 15 is 0 Å². The Balaban J connectivity index is 0.000000226. The predicted octanol–water partition coefficient (Wildman–Crippen LogP) is 16.9. The van der Waals surface area contributed by atoms with Crippen molar-refractivity contribution >= 4 is 178 Å². The maximum absolute atomic E-state index is 13.4. The summed E-state index contributed by atoms with van der Waals surface area (Å²) in [4.78, 5) is 99.0. The highest BCUT2D eigenvalue weighted by Crippen LogP contribution is 2.36. The summed E-state index contributed by atoms with van der Waals surface area (Å²) < 4.78 is 379. The molecule has 12 rings (SSSR count). The predicted molar refractivity (Wildman–Crippen MR) is 460 cm³/mol. The number of aryl methyl sites for hydroxylation is 8. The van der Waals surface area contributed by atoms with Crippen LogP contribution < -0.4 is 40.1 Å². The van der Waals surface area contributed by atoms with Crippen molar-refractivity contribution < 1.29 is 134 Å². The van der Waals surface area contributed by atoms with E-state index in [1.54, 1.807) is 66.7 Å². The van der Waals surface area contributed by atoms with Crippen molar-refractivity contribution in [2.75, 3.05) is 40.1 Å². The molecule has 8 aromatic heterocycles. The Hall–Kier alpha value is -11.9. The molecule has 32 nitrogen and oxygen atoms in total. The summed E-state index contributed by atoms with van der Waals surface area (Å²) in [6.45, 7) is -8.10. The number of benzene rings is 4. The van der Waals surface area contributed by atoms with Crippen molar-refractivity contribution in [3.8, 4) is 0 Å². The van der Waals surface area contributed by atoms with Crippen LogP contribution >= 0.6 is 45.3 Å². The third-order valence-corrected chi connectivity index (χ3v) is 25.8. The topological polar surface area (TPSA) is 473 Å². The molecule has 0 spiro atoms. The van der Waals surface area contributed by atoms with E-state index in [9.17, 15) is 72.0 Å². The van der Waals surface area contributed by atoms with Crippen LogP contribution in [-0.2, 0) is 40.1 Å². The molecule has 0 fully saturated rings. The zero-order chi connectivity index (χ0) is 116. The highest BCUT2D eigenvalue weighted by atomic mass is 32.2. The monoisotopic (exact) mass is 1820 g/mol. The van der Waals surface area contributed by atoms with Crippen molar-refractivity contribution in [3.63, 3.8) is 0 Å². The first kappa shape index (κ1) is 56.5. The standard InChI is InChI=1S/4C20H21N3O5S2/c4*1-10-8-11(2)17(15(9-10)14(5)24)21-19(25)18-16(6-7-29-18)30(26,27)23-20-12(3)13(4)22-28-20/h4*6-9,23H,1-5H3,(H,21,25)/i1D3,2D3,3D3,5D3,8D,9D;1D3,2D3,5D3,8D,9D;3D3;/hD4. The first-order valence-electron chi connectivity index (χ1n) is 49.2. The van der Waals surface area contributed by atoms with E-state index in [0.29, 0.717) is 78.3 Å². The van der Waals surface area contributed by atoms with E-state index in [1.165, 1.54) is 62.9 Å². The number of amides is 4. The molecule has 632 valence electrons. The molecular formula is C80H84N12O20S8. The maximum atomic E-state index is 13.4. The summed E-state index contributed by atoms with van der Waals surface area (Å²) in [6, 6.07) is 5.51. The largest absolute Gasteiger partial charge is 0.337 e. The number of sulfonamides is 4. The second-order valence-corrected chi connectivity index (χ2v) is 35.2. The minimum Gasteiger partial charge on any atom is -0.337 e. The van der Waals surface area contributed by atoms with Gasteiger partial charge in [0.2, 0.25) is 23.5 Å². The molecular weight excluding hydrogens is 1710 g/mol. The van der Waals surface area contributed by atoms with E-state index in [0.717, 1.165) is 46.0 Å². The zero-order valence-electron chi connectivity index (χ0n) is 95.9. The summed E-state index contributed by atoms with van der Waals surface area (Å²) in [7, 11) is -18.7. The van der Waals surface area contributed by atoms with Gasteiger partial charge < -0.3 is 39.3 Å². The van der Waals surface area contributed by atoms with E-state index in [4.69, 9.17) is 62.1 Å². The SMILES string of the molecule is [2H]N(C(=O)c1sccc1S(=O)(=O)N([2H])c1onc(C)c1C([2H])([2H])[2H])c1c(C)cc(C)cc1C(C)=O.[2H]N(C(=O)c1sccc1S(=O)(=O)N([2H])c1onc(C)c1C)c1c(C)cc(C)cc1C(C)=O.[2H]c1c(C(=O)C([2H])([2H])[2H])c(NC(=O)c2sccc2S(=O)(=O)Nc2onc(C)c2C([2H])([2H])[2H])c(C([2H])([2H])[2H])c([2H])c1C([2H])([2H])[2H].[2H]c1c(C(=O)C([2H])([2H])[2H])c(NC(=O)c2sccc2S(=O)(=O)Nc2onc(C)c2C)c(C([2H])([2H])[2H])c([2H])c1C([2H])([2H])[2H]. The Bertz CT molecular complexity index is 8000. The fraction of sp³-hybridized carbons (Fsp3) is 0.250. The Morgan fingerprint density at radius 2 is 0.675 bits per heavy atom. The summed E-state index contributed by atoms with van der Waals surface area (Å²) in [5.41, 5.74) is -6.87. The number of hydrogen-bond acceptors (Lipinski definition) is 28. The van der Waals surface area contributed by atoms with Crippen LogP contribution in [0.3, 0.4) is 0 Å². The van der Waals surface area contributed by atoms with Crippen LogP contribution in [0.2, 0.25) is 5.65 Å². The first-order valence-corrected chi connectivity index (χ1v) is 42.8. The second kappa shape index (κ2) is 37.2. The van der Waals surface area contributed by atoms with E-state index in [2.05, 4.69) is 25.3 Å². The van der Waals surface area contributed by atoms with Crippen molar-refractivity contribution in [2.45, 2.75) is 157 Å². The van der Waals surface area contributed by atoms with Gasteiger partial charge in [-0.05, 0) is 252 Å². The molecule has 0 atom stereocenters. The third kappa shape index (κ3) is 21.0. The van der Waals surface area contributed by atoms with Gasteiger partial charge in [-0.3, -0.25) is 38.4 Å². The Morgan fingerprint density at radius 1 is 0.358 bits per heavy atom. The van der Waals surface area contributed by atoms with Crippen molar-refractivity contribution in [2.24, 2.45) is 0 Å². The van der Waals surface area contributed by atoms with E-state index in [1.807, 2.05) is 15.4 Å². The number of aromatic nitrogens is 4. The number of nitrogens with one attached hydrogen (secondary N) is 8. The minimum atomic E-state index is -4.84. The molecule has 0 aliphatic rings. The van der Waals surface area contributed by atoms with Gasteiger partial charge in [0, 0.05) is 77.4 Å². The summed E-state index contributed by atoms with van der Waals surface area (Å²) in [6.07, 6.45) is 0. The van der Waals surface area contributed by atoms with Gasteiger partial charge in [-0.25, -0.2) is 52.5 Å². The average molecular weight is 1820 g/mol. The molecule has 0 aliphatic heterocycles. The van der Waals surface area contributed by atoms with Gasteiger partial charge in [-0.15, -0.1) is 45.3 Å². The van der Waals surface area contributed by atoms with Gasteiger partial charge in [0.25, 0.3) is 63.7 Å².